The van der Waals surface area contributed by atoms with Crippen LogP contribution >= 0.6 is 0 Å². The number of sulfonamides is 1. The van der Waals surface area contributed by atoms with Crippen molar-refractivity contribution in [2.75, 3.05) is 26.7 Å². The minimum absolute atomic E-state index is 0.0241. The van der Waals surface area contributed by atoms with Crippen LogP contribution in [0.1, 0.15) is 24.5 Å². The van der Waals surface area contributed by atoms with Crippen molar-refractivity contribution in [1.29, 1.82) is 0 Å². The zero-order valence-corrected chi connectivity index (χ0v) is 13.5. The second-order valence-electron chi connectivity index (χ2n) is 5.63. The monoisotopic (exact) mass is 312 g/mol. The van der Waals surface area contributed by atoms with E-state index in [0.29, 0.717) is 19.1 Å². The van der Waals surface area contributed by atoms with E-state index in [2.05, 4.69) is 11.8 Å². The van der Waals surface area contributed by atoms with Gasteiger partial charge in [0.1, 0.15) is 0 Å². The average molecular weight is 312 g/mol. The Morgan fingerprint density at radius 1 is 1.19 bits per heavy atom. The third-order valence-electron chi connectivity index (χ3n) is 4.16. The van der Waals surface area contributed by atoms with Crippen molar-refractivity contribution in [3.63, 3.8) is 0 Å². The first-order chi connectivity index (χ1) is 9.96. The summed E-state index contributed by atoms with van der Waals surface area (Å²) in [4.78, 5) is 2.22. The van der Waals surface area contributed by atoms with Crippen LogP contribution in [0.2, 0.25) is 0 Å². The summed E-state index contributed by atoms with van der Waals surface area (Å²) >= 11 is 0. The van der Waals surface area contributed by atoms with E-state index in [1.54, 1.807) is 28.6 Å². The molecule has 5 nitrogen and oxygen atoms in total. The van der Waals surface area contributed by atoms with Crippen LogP contribution in [0, 0.1) is 0 Å². The lowest BCUT2D eigenvalue weighted by Gasteiger charge is -2.38. The summed E-state index contributed by atoms with van der Waals surface area (Å²) in [6.45, 7) is 3.98. The molecule has 1 aliphatic heterocycles. The summed E-state index contributed by atoms with van der Waals surface area (Å²) in [7, 11) is -1.23. The number of aliphatic hydroxyl groups excluding tert-OH is 1. The number of hydrogen-bond donors (Lipinski definition) is 1. The molecule has 1 aromatic rings. The van der Waals surface area contributed by atoms with E-state index in [0.717, 1.165) is 24.1 Å². The van der Waals surface area contributed by atoms with E-state index in [1.165, 1.54) is 0 Å². The molecule has 1 atom stereocenters. The molecule has 0 radical (unpaired) electrons. The van der Waals surface area contributed by atoms with Crippen LogP contribution in [0.4, 0.5) is 0 Å². The minimum atomic E-state index is -3.28. The lowest BCUT2D eigenvalue weighted by Crippen LogP contribution is -2.53. The quantitative estimate of drug-likeness (QED) is 0.882. The van der Waals surface area contributed by atoms with Crippen molar-refractivity contribution in [1.82, 2.24) is 9.21 Å². The third kappa shape index (κ3) is 4.03. The highest BCUT2D eigenvalue weighted by Gasteiger charge is 2.30. The minimum Gasteiger partial charge on any atom is -0.392 e. The summed E-state index contributed by atoms with van der Waals surface area (Å²) in [6, 6.07) is 7.38. The second kappa shape index (κ2) is 6.87. The predicted molar refractivity (Wildman–Crippen MR) is 83.3 cm³/mol. The molecule has 1 aromatic carbocycles. The Morgan fingerprint density at radius 2 is 1.81 bits per heavy atom. The number of rotatable bonds is 5. The lowest BCUT2D eigenvalue weighted by atomic mass is 10.1. The molecule has 1 heterocycles. The molecule has 0 spiro atoms. The molecule has 0 amide bonds. The highest BCUT2D eigenvalue weighted by atomic mass is 32.2. The van der Waals surface area contributed by atoms with E-state index < -0.39 is 10.0 Å². The Balaban J connectivity index is 2.07. The van der Waals surface area contributed by atoms with Crippen LogP contribution in [0.5, 0.6) is 0 Å². The van der Waals surface area contributed by atoms with Crippen LogP contribution in [-0.4, -0.2) is 55.5 Å². The van der Waals surface area contributed by atoms with Gasteiger partial charge < -0.3 is 10.0 Å². The molecule has 21 heavy (non-hydrogen) atoms. The fourth-order valence-electron chi connectivity index (χ4n) is 2.65. The largest absolute Gasteiger partial charge is 0.392 e. The van der Waals surface area contributed by atoms with Gasteiger partial charge in [-0.25, -0.2) is 8.42 Å². The Kier molecular flexibility index (Phi) is 5.37. The number of nitrogens with zero attached hydrogens (tertiary/aromatic N) is 2. The van der Waals surface area contributed by atoms with Gasteiger partial charge in [-0.3, -0.25) is 0 Å². The predicted octanol–water partition coefficient (Wildman–Crippen LogP) is 1.03. The molecule has 6 heteroatoms. The molecule has 2 rings (SSSR count). The maximum Gasteiger partial charge on any atom is 0.218 e. The molecule has 1 unspecified atom stereocenters. The standard InChI is InChI=1S/C15H24N2O3S/c1-3-15-10-17(9-8-16(15)2)21(19,20)12-14-6-4-13(11-18)5-7-14/h4-7,15,18H,3,8-12H2,1-2H3. The fraction of sp³-hybridized carbons (Fsp3) is 0.600. The van der Waals surface area contributed by atoms with Crippen LogP contribution in [0.25, 0.3) is 0 Å². The summed E-state index contributed by atoms with van der Waals surface area (Å²) in [5, 5.41) is 9.01. The zero-order valence-electron chi connectivity index (χ0n) is 12.7. The number of benzene rings is 1. The molecular formula is C15H24N2O3S. The van der Waals surface area contributed by atoms with Gasteiger partial charge in [-0.15, -0.1) is 0 Å². The molecule has 0 aliphatic carbocycles. The number of hydrogen-bond acceptors (Lipinski definition) is 4. The van der Waals surface area contributed by atoms with Crippen molar-refractivity contribution in [2.24, 2.45) is 0 Å². The van der Waals surface area contributed by atoms with E-state index >= 15 is 0 Å². The van der Waals surface area contributed by atoms with Crippen LogP contribution in [0.3, 0.4) is 0 Å². The van der Waals surface area contributed by atoms with Crippen molar-refractivity contribution in [2.45, 2.75) is 31.7 Å². The van der Waals surface area contributed by atoms with Crippen LogP contribution in [0.15, 0.2) is 24.3 Å². The Morgan fingerprint density at radius 3 is 2.38 bits per heavy atom. The maximum atomic E-state index is 12.5. The molecule has 1 N–H and O–H groups in total. The van der Waals surface area contributed by atoms with Gasteiger partial charge in [0.2, 0.25) is 10.0 Å². The van der Waals surface area contributed by atoms with Gasteiger partial charge in [-0.2, -0.15) is 4.31 Å². The first kappa shape index (κ1) is 16.4. The van der Waals surface area contributed by atoms with Crippen molar-refractivity contribution in [3.05, 3.63) is 35.4 Å². The van der Waals surface area contributed by atoms with E-state index in [-0.39, 0.29) is 12.4 Å². The molecule has 0 bridgehead atoms. The third-order valence-corrected chi connectivity index (χ3v) is 5.98. The van der Waals surface area contributed by atoms with Gasteiger partial charge in [0.25, 0.3) is 0 Å². The molecule has 1 aliphatic rings. The number of piperazine rings is 1. The molecular weight excluding hydrogens is 288 g/mol. The lowest BCUT2D eigenvalue weighted by molar-refractivity contribution is 0.144. The van der Waals surface area contributed by atoms with E-state index in [9.17, 15) is 8.42 Å². The van der Waals surface area contributed by atoms with Crippen LogP contribution in [-0.2, 0) is 22.4 Å². The van der Waals surface area contributed by atoms with Gasteiger partial charge in [0.15, 0.2) is 0 Å². The highest BCUT2D eigenvalue weighted by Crippen LogP contribution is 2.18. The van der Waals surface area contributed by atoms with Crippen molar-refractivity contribution in [3.8, 4) is 0 Å². The average Bonchev–Trinajstić information content (AvgIpc) is 2.48. The molecule has 118 valence electrons. The first-order valence-corrected chi connectivity index (χ1v) is 8.94. The SMILES string of the molecule is CCC1CN(S(=O)(=O)Cc2ccc(CO)cc2)CCN1C. The fourth-order valence-corrected chi connectivity index (χ4v) is 4.21. The zero-order chi connectivity index (χ0) is 15.5. The highest BCUT2D eigenvalue weighted by molar-refractivity contribution is 7.88. The normalized spacial score (nSPS) is 21.6. The summed E-state index contributed by atoms with van der Waals surface area (Å²) in [5.41, 5.74) is 1.56. The van der Waals surface area contributed by atoms with Crippen molar-refractivity contribution < 1.29 is 13.5 Å². The molecule has 0 aromatic heterocycles. The van der Waals surface area contributed by atoms with E-state index in [1.807, 2.05) is 7.05 Å². The van der Waals surface area contributed by atoms with Crippen LogP contribution < -0.4 is 0 Å². The second-order valence-corrected chi connectivity index (χ2v) is 7.60. The Labute approximate surface area is 127 Å². The van der Waals surface area contributed by atoms with Crippen molar-refractivity contribution >= 4 is 10.0 Å². The Bertz CT molecular complexity index is 557. The summed E-state index contributed by atoms with van der Waals surface area (Å²) in [5.74, 6) is 0.0266. The van der Waals surface area contributed by atoms with Gasteiger partial charge in [-0.05, 0) is 24.6 Å². The van der Waals surface area contributed by atoms with Gasteiger partial charge >= 0.3 is 0 Å². The Hall–Kier alpha value is -0.950. The smallest absolute Gasteiger partial charge is 0.218 e. The molecule has 1 fully saturated rings. The van der Waals surface area contributed by atoms with Gasteiger partial charge in [-0.1, -0.05) is 31.2 Å². The maximum absolute atomic E-state index is 12.5. The van der Waals surface area contributed by atoms with Gasteiger partial charge in [0.05, 0.1) is 12.4 Å². The van der Waals surface area contributed by atoms with E-state index in [4.69, 9.17) is 5.11 Å². The number of likely N-dealkylation sites (N-methyl/N-ethyl adjacent to an activating group) is 1. The molecule has 0 saturated carbocycles. The first-order valence-electron chi connectivity index (χ1n) is 7.33. The summed E-state index contributed by atoms with van der Waals surface area (Å²) in [6.07, 6.45) is 0.952. The number of aliphatic hydroxyl groups is 1. The van der Waals surface area contributed by atoms with Gasteiger partial charge in [0, 0.05) is 25.7 Å². The summed E-state index contributed by atoms with van der Waals surface area (Å²) < 4.78 is 26.7. The topological polar surface area (TPSA) is 60.9 Å². The molecule has 1 saturated heterocycles.